The van der Waals surface area contributed by atoms with Crippen molar-refractivity contribution in [2.45, 2.75) is 6.54 Å². The predicted molar refractivity (Wildman–Crippen MR) is 28.8 cm³/mol. The lowest BCUT2D eigenvalue weighted by atomic mass is 10.5. The highest BCUT2D eigenvalue weighted by atomic mass is 15.1. The molecule has 38 valence electrons. The van der Waals surface area contributed by atoms with Gasteiger partial charge in [-0.2, -0.15) is 0 Å². The first kappa shape index (κ1) is 3.89. The Morgan fingerprint density at radius 2 is 2.75 bits per heavy atom. The van der Waals surface area contributed by atoms with Crippen LogP contribution in [0.5, 0.6) is 0 Å². The third-order valence-corrected chi connectivity index (χ3v) is 1.18. The van der Waals surface area contributed by atoms with Crippen molar-refractivity contribution in [2.24, 2.45) is 0 Å². The van der Waals surface area contributed by atoms with Crippen LogP contribution in [0.15, 0.2) is 6.20 Å². The van der Waals surface area contributed by atoms with Crippen molar-refractivity contribution < 1.29 is 0 Å². The molecule has 0 aromatic carbocycles. The van der Waals surface area contributed by atoms with Crippen LogP contribution in [-0.4, -0.2) is 9.55 Å². The van der Waals surface area contributed by atoms with Gasteiger partial charge in [0.1, 0.15) is 12.0 Å². The number of nitrogens with zero attached hydrogens (tertiary/aromatic N) is 2. The normalized spacial score (nSPS) is 14.5. The molecule has 1 aromatic heterocycles. The van der Waals surface area contributed by atoms with Gasteiger partial charge in [-0.05, 0) is 12.2 Å². The molecule has 0 atom stereocenters. The molecule has 0 aliphatic carbocycles. The van der Waals surface area contributed by atoms with E-state index in [9.17, 15) is 0 Å². The average Bonchev–Trinajstić information content (AvgIpc) is 2.15. The van der Waals surface area contributed by atoms with Gasteiger partial charge in [0.2, 0.25) is 0 Å². The van der Waals surface area contributed by atoms with Gasteiger partial charge in [-0.15, -0.1) is 0 Å². The quantitative estimate of drug-likeness (QED) is 0.469. The molecular weight excluding hydrogens is 100 g/mol. The monoisotopic (exact) mass is 104 g/mol. The van der Waals surface area contributed by atoms with E-state index in [1.165, 1.54) is 0 Å². The molecule has 2 heteroatoms. The Morgan fingerprint density at radius 3 is 3.62 bits per heavy atom. The van der Waals surface area contributed by atoms with Crippen LogP contribution in [0.1, 0.15) is 5.82 Å². The van der Waals surface area contributed by atoms with E-state index in [1.54, 1.807) is 0 Å². The van der Waals surface area contributed by atoms with Gasteiger partial charge in [-0.25, -0.2) is 4.98 Å². The van der Waals surface area contributed by atoms with Crippen LogP contribution in [0.3, 0.4) is 0 Å². The van der Waals surface area contributed by atoms with Crippen molar-refractivity contribution in [2.75, 3.05) is 0 Å². The van der Waals surface area contributed by atoms with Crippen molar-refractivity contribution in [1.29, 1.82) is 0 Å². The fourth-order valence-electron chi connectivity index (χ4n) is 0.772. The Kier molecular flexibility index (Phi) is 0.592. The van der Waals surface area contributed by atoms with Crippen LogP contribution in [0.2, 0.25) is 0 Å². The molecule has 8 heavy (non-hydrogen) atoms. The summed E-state index contributed by atoms with van der Waals surface area (Å²) in [7, 11) is 0. The minimum atomic E-state index is 0.839. The number of rotatable bonds is 0. The molecule has 0 unspecified atom stereocenters. The van der Waals surface area contributed by atoms with Crippen molar-refractivity contribution >= 4 is 6.08 Å². The molecule has 0 bridgehead atoms. The Balaban J connectivity index is 2.67. The van der Waals surface area contributed by atoms with E-state index in [2.05, 4.69) is 17.3 Å². The first-order chi connectivity index (χ1) is 3.97. The van der Waals surface area contributed by atoms with Crippen LogP contribution in [-0.2, 0) is 6.54 Å². The maximum Gasteiger partial charge on any atom is 0.134 e. The summed E-state index contributed by atoms with van der Waals surface area (Å²) in [6, 6.07) is 0. The van der Waals surface area contributed by atoms with E-state index in [4.69, 9.17) is 0 Å². The van der Waals surface area contributed by atoms with Gasteiger partial charge in [0.25, 0.3) is 0 Å². The third kappa shape index (κ3) is 0.346. The average molecular weight is 104 g/mol. The second-order valence-corrected chi connectivity index (χ2v) is 1.70. The summed E-state index contributed by atoms with van der Waals surface area (Å²) >= 11 is 0. The standard InChI is InChI=1S/C6H4N2/c1-2-6-7-3-5-8(6)4-1/h2,5H,4H2. The summed E-state index contributed by atoms with van der Waals surface area (Å²) in [5, 5.41) is 0. The molecule has 0 fully saturated rings. The lowest BCUT2D eigenvalue weighted by molar-refractivity contribution is 0.825. The second kappa shape index (κ2) is 1.22. The van der Waals surface area contributed by atoms with E-state index in [0.717, 1.165) is 12.4 Å². The topological polar surface area (TPSA) is 17.8 Å². The van der Waals surface area contributed by atoms with E-state index < -0.39 is 0 Å². The molecule has 1 aromatic rings. The van der Waals surface area contributed by atoms with Crippen LogP contribution in [0.25, 0.3) is 6.08 Å². The highest BCUT2D eigenvalue weighted by Crippen LogP contribution is 2.05. The Bertz CT molecular complexity index is 222. The van der Waals surface area contributed by atoms with Crippen molar-refractivity contribution in [3.05, 3.63) is 24.3 Å². The lowest BCUT2D eigenvalue weighted by Gasteiger charge is -1.88. The molecule has 0 N–H and O–H groups in total. The zero-order valence-electron chi connectivity index (χ0n) is 4.26. The Hall–Kier alpha value is -1.05. The summed E-state index contributed by atoms with van der Waals surface area (Å²) in [6.45, 7) is 0.839. The van der Waals surface area contributed by atoms with E-state index in [-0.39, 0.29) is 0 Å². The molecule has 2 nitrogen and oxygen atoms in total. The summed E-state index contributed by atoms with van der Waals surface area (Å²) in [6.07, 6.45) is 9.46. The summed E-state index contributed by atoms with van der Waals surface area (Å²) < 4.78 is 1.99. The SMILES string of the molecule is [C]1=Cc2n[c]cn2C1. The van der Waals surface area contributed by atoms with Crippen LogP contribution in [0.4, 0.5) is 0 Å². The van der Waals surface area contributed by atoms with Gasteiger partial charge < -0.3 is 4.57 Å². The van der Waals surface area contributed by atoms with Crippen molar-refractivity contribution in [3.63, 3.8) is 0 Å². The predicted octanol–water partition coefficient (Wildman–Crippen LogP) is 0.513. The first-order valence-corrected chi connectivity index (χ1v) is 2.46. The van der Waals surface area contributed by atoms with Crippen LogP contribution >= 0.6 is 0 Å². The molecule has 2 rings (SSSR count). The number of fused-ring (bicyclic) bond motifs is 1. The molecule has 0 spiro atoms. The first-order valence-electron chi connectivity index (χ1n) is 2.46. The minimum Gasteiger partial charge on any atom is -0.326 e. The fraction of sp³-hybridized carbons (Fsp3) is 0.167. The van der Waals surface area contributed by atoms with Crippen molar-refractivity contribution in [1.82, 2.24) is 9.55 Å². The number of aromatic nitrogens is 2. The lowest BCUT2D eigenvalue weighted by Crippen LogP contribution is -1.88. The highest BCUT2D eigenvalue weighted by molar-refractivity contribution is 5.40. The van der Waals surface area contributed by atoms with Gasteiger partial charge in [-0.3, -0.25) is 0 Å². The molecule has 0 saturated carbocycles. The van der Waals surface area contributed by atoms with E-state index in [1.807, 2.05) is 16.8 Å². The second-order valence-electron chi connectivity index (χ2n) is 1.70. The van der Waals surface area contributed by atoms with E-state index in [0.29, 0.717) is 0 Å². The Labute approximate surface area is 47.5 Å². The van der Waals surface area contributed by atoms with Gasteiger partial charge in [0.15, 0.2) is 0 Å². The van der Waals surface area contributed by atoms with E-state index >= 15 is 0 Å². The summed E-state index contributed by atoms with van der Waals surface area (Å²) in [5.41, 5.74) is 0. The van der Waals surface area contributed by atoms with Gasteiger partial charge in [0.05, 0.1) is 0 Å². The molecular formula is C6H4N2. The summed E-state index contributed by atoms with van der Waals surface area (Å²) in [5.74, 6) is 0.963. The largest absolute Gasteiger partial charge is 0.326 e. The third-order valence-electron chi connectivity index (χ3n) is 1.18. The molecule has 1 aliphatic rings. The molecule has 2 radical (unpaired) electrons. The number of hydrogen-bond acceptors (Lipinski definition) is 1. The van der Waals surface area contributed by atoms with Gasteiger partial charge in [-0.1, -0.05) is 0 Å². The number of allylic oxidation sites excluding steroid dienone is 1. The minimum absolute atomic E-state index is 0.839. The number of imidazole rings is 1. The van der Waals surface area contributed by atoms with Crippen molar-refractivity contribution in [3.8, 4) is 0 Å². The molecule has 0 amide bonds. The molecule has 0 saturated heterocycles. The van der Waals surface area contributed by atoms with Crippen LogP contribution < -0.4 is 0 Å². The Morgan fingerprint density at radius 1 is 1.75 bits per heavy atom. The zero-order valence-corrected chi connectivity index (χ0v) is 4.26. The summed E-state index contributed by atoms with van der Waals surface area (Å²) in [4.78, 5) is 3.92. The number of hydrogen-bond donors (Lipinski definition) is 0. The zero-order chi connectivity index (χ0) is 5.40. The fourth-order valence-corrected chi connectivity index (χ4v) is 0.772. The molecule has 2 heterocycles. The smallest absolute Gasteiger partial charge is 0.134 e. The molecule has 1 aliphatic heterocycles. The van der Waals surface area contributed by atoms with Gasteiger partial charge >= 0.3 is 0 Å². The maximum absolute atomic E-state index is 3.92. The maximum atomic E-state index is 3.92. The van der Waals surface area contributed by atoms with Gasteiger partial charge in [0, 0.05) is 12.7 Å². The highest BCUT2D eigenvalue weighted by Gasteiger charge is 2.01. The van der Waals surface area contributed by atoms with Crippen LogP contribution in [0, 0.1) is 12.3 Å².